The Balaban J connectivity index is 1.73. The van der Waals surface area contributed by atoms with Crippen LogP contribution in [0.25, 0.3) is 0 Å². The molecular formula is C13H15N3O4S. The molecule has 1 fully saturated rings. The van der Waals surface area contributed by atoms with Crippen LogP contribution in [0.2, 0.25) is 0 Å². The molecule has 1 saturated heterocycles. The molecule has 0 unspecified atom stereocenters. The van der Waals surface area contributed by atoms with Crippen molar-refractivity contribution in [2.45, 2.75) is 13.0 Å². The van der Waals surface area contributed by atoms with Gasteiger partial charge in [-0.25, -0.2) is 9.78 Å². The van der Waals surface area contributed by atoms with Crippen LogP contribution in [0.4, 0.5) is 4.79 Å². The van der Waals surface area contributed by atoms with Gasteiger partial charge in [0.25, 0.3) is 5.24 Å². The van der Waals surface area contributed by atoms with Crippen molar-refractivity contribution in [3.05, 3.63) is 29.6 Å². The summed E-state index contributed by atoms with van der Waals surface area (Å²) in [5, 5.41) is 11.5. The zero-order chi connectivity index (χ0) is 15.2. The Bertz CT molecular complexity index is 547. The lowest BCUT2D eigenvalue weighted by Gasteiger charge is -2.13. The van der Waals surface area contributed by atoms with E-state index in [4.69, 9.17) is 5.11 Å². The second kappa shape index (κ2) is 7.07. The number of thioether (sulfide) groups is 1. The predicted molar refractivity (Wildman–Crippen MR) is 77.1 cm³/mol. The predicted octanol–water partition coefficient (Wildman–Crippen LogP) is 0.955. The van der Waals surface area contributed by atoms with E-state index < -0.39 is 5.97 Å². The molecule has 1 aliphatic rings. The Labute approximate surface area is 125 Å². The summed E-state index contributed by atoms with van der Waals surface area (Å²) in [7, 11) is 0. The van der Waals surface area contributed by atoms with Crippen molar-refractivity contribution >= 4 is 28.9 Å². The minimum atomic E-state index is -1.08. The van der Waals surface area contributed by atoms with Gasteiger partial charge in [-0.05, 0) is 11.6 Å². The summed E-state index contributed by atoms with van der Waals surface area (Å²) in [4.78, 5) is 39.1. The van der Waals surface area contributed by atoms with Crippen molar-refractivity contribution < 1.29 is 19.5 Å². The quantitative estimate of drug-likeness (QED) is 0.812. The first-order valence-corrected chi connectivity index (χ1v) is 7.41. The van der Waals surface area contributed by atoms with Crippen molar-refractivity contribution in [2.75, 3.05) is 18.8 Å². The molecule has 0 saturated carbocycles. The lowest BCUT2D eigenvalue weighted by molar-refractivity contribution is -0.121. The summed E-state index contributed by atoms with van der Waals surface area (Å²) in [6.07, 6.45) is 1.68. The maximum Gasteiger partial charge on any atom is 0.354 e. The van der Waals surface area contributed by atoms with Gasteiger partial charge in [-0.1, -0.05) is 17.8 Å². The molecule has 7 nitrogen and oxygen atoms in total. The second-order valence-electron chi connectivity index (χ2n) is 4.48. The number of carboxylic acid groups (broad SMARTS) is 1. The van der Waals surface area contributed by atoms with Crippen molar-refractivity contribution in [1.29, 1.82) is 0 Å². The fourth-order valence-electron chi connectivity index (χ4n) is 1.81. The smallest absolute Gasteiger partial charge is 0.354 e. The van der Waals surface area contributed by atoms with Crippen LogP contribution in [0.5, 0.6) is 0 Å². The van der Waals surface area contributed by atoms with Crippen LogP contribution >= 0.6 is 11.8 Å². The molecule has 1 aromatic rings. The average Bonchev–Trinajstić information content (AvgIpc) is 2.88. The zero-order valence-electron chi connectivity index (χ0n) is 11.2. The van der Waals surface area contributed by atoms with Gasteiger partial charge < -0.3 is 15.3 Å². The molecule has 2 amide bonds. The normalized spacial score (nSPS) is 14.3. The highest BCUT2D eigenvalue weighted by molar-refractivity contribution is 8.13. The van der Waals surface area contributed by atoms with E-state index in [1.165, 1.54) is 24.0 Å². The van der Waals surface area contributed by atoms with Gasteiger partial charge >= 0.3 is 5.97 Å². The van der Waals surface area contributed by atoms with Crippen LogP contribution in [-0.2, 0) is 11.3 Å². The van der Waals surface area contributed by atoms with Crippen molar-refractivity contribution in [3.63, 3.8) is 0 Å². The lowest BCUT2D eigenvalue weighted by atomic mass is 10.2. The average molecular weight is 309 g/mol. The summed E-state index contributed by atoms with van der Waals surface area (Å²) in [5.74, 6) is -0.456. The third-order valence-corrected chi connectivity index (χ3v) is 3.88. The highest BCUT2D eigenvalue weighted by Gasteiger charge is 2.21. The van der Waals surface area contributed by atoms with Gasteiger partial charge in [0.15, 0.2) is 0 Å². The van der Waals surface area contributed by atoms with E-state index in [1.807, 2.05) is 0 Å². The number of rotatable bonds is 6. The molecule has 0 radical (unpaired) electrons. The van der Waals surface area contributed by atoms with E-state index >= 15 is 0 Å². The molecule has 0 bridgehead atoms. The number of pyridine rings is 1. The van der Waals surface area contributed by atoms with Gasteiger partial charge in [0.2, 0.25) is 5.91 Å². The maximum atomic E-state index is 11.7. The largest absolute Gasteiger partial charge is 0.477 e. The van der Waals surface area contributed by atoms with Gasteiger partial charge in [0.1, 0.15) is 5.69 Å². The van der Waals surface area contributed by atoms with Crippen LogP contribution in [0, 0.1) is 0 Å². The Morgan fingerprint density at radius 1 is 1.43 bits per heavy atom. The fraction of sp³-hybridized carbons (Fsp3) is 0.385. The molecule has 1 aromatic heterocycles. The summed E-state index contributed by atoms with van der Waals surface area (Å²) >= 11 is 1.27. The van der Waals surface area contributed by atoms with Gasteiger partial charge in [0.05, 0.1) is 0 Å². The highest BCUT2D eigenvalue weighted by Crippen LogP contribution is 2.16. The maximum absolute atomic E-state index is 11.7. The molecule has 8 heteroatoms. The molecule has 2 rings (SSSR count). The van der Waals surface area contributed by atoms with E-state index in [0.717, 1.165) is 11.3 Å². The standard InChI is InChI=1S/C13H15N3O4S/c17-11(3-4-16-5-6-21-13(16)20)15-8-9-1-2-10(12(18)19)14-7-9/h1-2,7H,3-6,8H2,(H,15,17)(H,18,19). The molecule has 0 atom stereocenters. The molecule has 0 spiro atoms. The van der Waals surface area contributed by atoms with Gasteiger partial charge in [-0.2, -0.15) is 0 Å². The van der Waals surface area contributed by atoms with Gasteiger partial charge in [-0.15, -0.1) is 0 Å². The number of nitrogens with zero attached hydrogens (tertiary/aromatic N) is 2. The number of hydrogen-bond acceptors (Lipinski definition) is 5. The Kier molecular flexibility index (Phi) is 5.15. The summed E-state index contributed by atoms with van der Waals surface area (Å²) in [6.45, 7) is 1.40. The third kappa shape index (κ3) is 4.45. The minimum absolute atomic E-state index is 0.0243. The van der Waals surface area contributed by atoms with E-state index in [0.29, 0.717) is 13.1 Å². The van der Waals surface area contributed by atoms with Crippen LogP contribution in [0.3, 0.4) is 0 Å². The zero-order valence-corrected chi connectivity index (χ0v) is 12.1. The third-order valence-electron chi connectivity index (χ3n) is 2.99. The summed E-state index contributed by atoms with van der Waals surface area (Å²) in [5.41, 5.74) is 0.691. The molecule has 2 heterocycles. The Morgan fingerprint density at radius 2 is 2.24 bits per heavy atom. The molecule has 112 valence electrons. The number of aromatic carboxylic acids is 1. The monoisotopic (exact) mass is 309 g/mol. The van der Waals surface area contributed by atoms with E-state index in [2.05, 4.69) is 10.3 Å². The van der Waals surface area contributed by atoms with Crippen LogP contribution in [0.1, 0.15) is 22.5 Å². The first-order chi connectivity index (χ1) is 10.1. The number of carbonyl (C=O) groups is 3. The molecule has 0 aromatic carbocycles. The number of aromatic nitrogens is 1. The minimum Gasteiger partial charge on any atom is -0.477 e. The SMILES string of the molecule is O=C(CCN1CCSC1=O)NCc1ccc(C(=O)O)nc1. The topological polar surface area (TPSA) is 99.6 Å². The number of amides is 2. The van der Waals surface area contributed by atoms with Crippen molar-refractivity contribution in [1.82, 2.24) is 15.2 Å². The molecular weight excluding hydrogens is 294 g/mol. The van der Waals surface area contributed by atoms with Crippen molar-refractivity contribution in [3.8, 4) is 0 Å². The first kappa shape index (κ1) is 15.3. The summed E-state index contributed by atoms with van der Waals surface area (Å²) in [6, 6.07) is 3.00. The van der Waals surface area contributed by atoms with Crippen LogP contribution < -0.4 is 5.32 Å². The number of carbonyl (C=O) groups excluding carboxylic acids is 2. The Hall–Kier alpha value is -2.09. The van der Waals surface area contributed by atoms with E-state index in [9.17, 15) is 14.4 Å². The number of carboxylic acids is 1. The van der Waals surface area contributed by atoms with E-state index in [-0.39, 0.29) is 29.8 Å². The molecule has 21 heavy (non-hydrogen) atoms. The molecule has 0 aliphatic carbocycles. The Morgan fingerprint density at radius 3 is 2.81 bits per heavy atom. The number of hydrogen-bond donors (Lipinski definition) is 2. The fourth-order valence-corrected chi connectivity index (χ4v) is 2.66. The van der Waals surface area contributed by atoms with Crippen molar-refractivity contribution in [2.24, 2.45) is 0 Å². The summed E-state index contributed by atoms with van der Waals surface area (Å²) < 4.78 is 0. The van der Waals surface area contributed by atoms with Crippen LogP contribution in [-0.4, -0.2) is 50.9 Å². The first-order valence-electron chi connectivity index (χ1n) is 6.43. The van der Waals surface area contributed by atoms with E-state index in [1.54, 1.807) is 11.0 Å². The highest BCUT2D eigenvalue weighted by atomic mass is 32.2. The molecule has 1 aliphatic heterocycles. The second-order valence-corrected chi connectivity index (χ2v) is 5.53. The number of nitrogens with one attached hydrogen (secondary N) is 1. The van der Waals surface area contributed by atoms with Gasteiger partial charge in [-0.3, -0.25) is 9.59 Å². The van der Waals surface area contributed by atoms with Crippen LogP contribution in [0.15, 0.2) is 18.3 Å². The molecule has 2 N–H and O–H groups in total. The van der Waals surface area contributed by atoms with Gasteiger partial charge in [0, 0.05) is 38.0 Å². The lowest BCUT2D eigenvalue weighted by Crippen LogP contribution is -2.30.